The van der Waals surface area contributed by atoms with Gasteiger partial charge in [-0.2, -0.15) is 0 Å². The molecule has 0 aliphatic carbocycles. The molecule has 1 N–H and O–H groups in total. The van der Waals surface area contributed by atoms with Crippen LogP contribution in [0.3, 0.4) is 0 Å². The molecular weight excluding hydrogens is 381 g/mol. The van der Waals surface area contributed by atoms with Crippen molar-refractivity contribution < 1.29 is 28.2 Å². The lowest BCUT2D eigenvalue weighted by molar-refractivity contribution is -0.0223. The summed E-state index contributed by atoms with van der Waals surface area (Å²) < 4.78 is 30.0. The first-order chi connectivity index (χ1) is 13.6. The Morgan fingerprint density at radius 2 is 2.03 bits per heavy atom. The van der Waals surface area contributed by atoms with Crippen LogP contribution in [0.4, 0.5) is 9.18 Å². The van der Waals surface area contributed by atoms with Crippen LogP contribution in [0.2, 0.25) is 0 Å². The molecule has 0 atom stereocenters. The highest BCUT2D eigenvalue weighted by Crippen LogP contribution is 2.22. The lowest BCUT2D eigenvalue weighted by Gasteiger charge is -2.39. The SMILES string of the molecule is COC(=O)c1c[nH]c(Cc2ncc(OC3CN(C(=O)OC(C)(C)C)C3)cc2F)c1. The van der Waals surface area contributed by atoms with Gasteiger partial charge in [-0.25, -0.2) is 14.0 Å². The zero-order valence-electron chi connectivity index (χ0n) is 16.8. The summed E-state index contributed by atoms with van der Waals surface area (Å²) in [5, 5.41) is 0. The number of ether oxygens (including phenoxy) is 3. The van der Waals surface area contributed by atoms with Crippen LogP contribution in [-0.2, 0) is 15.9 Å². The van der Waals surface area contributed by atoms with Gasteiger partial charge in [0.1, 0.15) is 23.3 Å². The average molecular weight is 405 g/mol. The van der Waals surface area contributed by atoms with E-state index < -0.39 is 23.5 Å². The molecule has 0 bridgehead atoms. The fourth-order valence-corrected chi connectivity index (χ4v) is 2.78. The summed E-state index contributed by atoms with van der Waals surface area (Å²) in [6, 6.07) is 2.86. The third-order valence-corrected chi connectivity index (χ3v) is 4.22. The third kappa shape index (κ3) is 5.24. The molecule has 2 aromatic heterocycles. The van der Waals surface area contributed by atoms with Gasteiger partial charge in [0.05, 0.1) is 37.7 Å². The van der Waals surface area contributed by atoms with Crippen LogP contribution in [0.25, 0.3) is 0 Å². The molecule has 29 heavy (non-hydrogen) atoms. The molecule has 3 heterocycles. The van der Waals surface area contributed by atoms with Gasteiger partial charge >= 0.3 is 12.1 Å². The number of H-pyrrole nitrogens is 1. The minimum atomic E-state index is -0.553. The maximum Gasteiger partial charge on any atom is 0.410 e. The van der Waals surface area contributed by atoms with Gasteiger partial charge in [0.25, 0.3) is 0 Å². The van der Waals surface area contributed by atoms with Crippen molar-refractivity contribution in [3.8, 4) is 5.75 Å². The van der Waals surface area contributed by atoms with Crippen molar-refractivity contribution in [1.29, 1.82) is 0 Å². The van der Waals surface area contributed by atoms with E-state index in [9.17, 15) is 14.0 Å². The molecule has 1 aliphatic rings. The first-order valence-corrected chi connectivity index (χ1v) is 9.19. The summed E-state index contributed by atoms with van der Waals surface area (Å²) in [5.74, 6) is -0.688. The second-order valence-electron chi connectivity index (χ2n) is 7.81. The van der Waals surface area contributed by atoms with E-state index >= 15 is 0 Å². The highest BCUT2D eigenvalue weighted by molar-refractivity contribution is 5.89. The van der Waals surface area contributed by atoms with Gasteiger partial charge in [0.15, 0.2) is 0 Å². The summed E-state index contributed by atoms with van der Waals surface area (Å²) >= 11 is 0. The average Bonchev–Trinajstić information content (AvgIpc) is 3.06. The Kier molecular flexibility index (Phi) is 5.76. The van der Waals surface area contributed by atoms with Crippen LogP contribution in [0.1, 0.15) is 42.5 Å². The molecule has 3 rings (SSSR count). The number of aromatic amines is 1. The number of hydrogen-bond acceptors (Lipinski definition) is 6. The molecule has 0 spiro atoms. The number of esters is 1. The fourth-order valence-electron chi connectivity index (χ4n) is 2.78. The lowest BCUT2D eigenvalue weighted by atomic mass is 10.1. The maximum atomic E-state index is 14.4. The smallest absolute Gasteiger partial charge is 0.410 e. The number of rotatable bonds is 5. The first kappa shape index (κ1) is 20.6. The maximum absolute atomic E-state index is 14.4. The molecule has 0 radical (unpaired) electrons. The number of likely N-dealkylation sites (tertiary alicyclic amines) is 1. The Hall–Kier alpha value is -3.10. The minimum Gasteiger partial charge on any atom is -0.485 e. The summed E-state index contributed by atoms with van der Waals surface area (Å²) in [6.07, 6.45) is 2.51. The number of carbonyl (C=O) groups excluding carboxylic acids is 2. The van der Waals surface area contributed by atoms with E-state index in [1.165, 1.54) is 30.5 Å². The van der Waals surface area contributed by atoms with E-state index in [4.69, 9.17) is 9.47 Å². The summed E-state index contributed by atoms with van der Waals surface area (Å²) in [5.41, 5.74) is 0.669. The number of carbonyl (C=O) groups is 2. The van der Waals surface area contributed by atoms with E-state index in [0.717, 1.165) is 0 Å². The molecule has 1 amide bonds. The Bertz CT molecular complexity index is 900. The number of halogens is 1. The van der Waals surface area contributed by atoms with Crippen molar-refractivity contribution in [3.05, 3.63) is 47.3 Å². The van der Waals surface area contributed by atoms with Crippen molar-refractivity contribution in [3.63, 3.8) is 0 Å². The summed E-state index contributed by atoms with van der Waals surface area (Å²) in [4.78, 5) is 31.9. The second-order valence-corrected chi connectivity index (χ2v) is 7.81. The number of hydrogen-bond donors (Lipinski definition) is 1. The van der Waals surface area contributed by atoms with Crippen LogP contribution in [0.15, 0.2) is 24.5 Å². The largest absolute Gasteiger partial charge is 0.485 e. The van der Waals surface area contributed by atoms with E-state index in [-0.39, 0.29) is 18.2 Å². The minimum absolute atomic E-state index is 0.193. The Labute approximate surface area is 168 Å². The van der Waals surface area contributed by atoms with Gasteiger partial charge in [-0.1, -0.05) is 0 Å². The van der Waals surface area contributed by atoms with E-state index in [2.05, 4.69) is 14.7 Å². The molecule has 156 valence electrons. The molecule has 0 aromatic carbocycles. The topological polar surface area (TPSA) is 93.8 Å². The van der Waals surface area contributed by atoms with Crippen LogP contribution < -0.4 is 4.74 Å². The number of methoxy groups -OCH3 is 1. The number of pyridine rings is 1. The zero-order chi connectivity index (χ0) is 21.2. The number of amides is 1. The molecule has 1 fully saturated rings. The fraction of sp³-hybridized carbons (Fsp3) is 0.450. The van der Waals surface area contributed by atoms with Gasteiger partial charge in [0, 0.05) is 24.4 Å². The summed E-state index contributed by atoms with van der Waals surface area (Å²) in [6.45, 7) is 6.16. The van der Waals surface area contributed by atoms with Crippen LogP contribution in [-0.4, -0.2) is 58.8 Å². The van der Waals surface area contributed by atoms with Gasteiger partial charge in [-0.15, -0.1) is 0 Å². The summed E-state index contributed by atoms with van der Waals surface area (Å²) in [7, 11) is 1.30. The number of aromatic nitrogens is 2. The first-order valence-electron chi connectivity index (χ1n) is 9.19. The molecule has 1 aliphatic heterocycles. The highest BCUT2D eigenvalue weighted by Gasteiger charge is 2.35. The van der Waals surface area contributed by atoms with Crippen molar-refractivity contribution in [2.45, 2.75) is 38.9 Å². The standard InChI is InChI=1S/C20H24FN3O5/c1-20(2,3)29-19(26)24-10-15(11-24)28-14-7-16(21)17(23-9-14)6-13-5-12(8-22-13)18(25)27-4/h5,7-9,15,22H,6,10-11H2,1-4H3. The van der Waals surface area contributed by atoms with Crippen molar-refractivity contribution >= 4 is 12.1 Å². The Balaban J connectivity index is 1.53. The number of nitrogens with zero attached hydrogens (tertiary/aromatic N) is 2. The molecule has 1 saturated heterocycles. The van der Waals surface area contributed by atoms with Gasteiger partial charge < -0.3 is 24.1 Å². The predicted octanol–water partition coefficient (Wildman–Crippen LogP) is 2.92. The second kappa shape index (κ2) is 8.10. The van der Waals surface area contributed by atoms with Gasteiger partial charge in [-0.3, -0.25) is 4.98 Å². The van der Waals surface area contributed by atoms with Crippen molar-refractivity contribution in [2.75, 3.05) is 20.2 Å². The van der Waals surface area contributed by atoms with Gasteiger partial charge in [0.2, 0.25) is 0 Å². The van der Waals surface area contributed by atoms with Crippen LogP contribution >= 0.6 is 0 Å². The molecular formula is C20H24FN3O5. The molecule has 9 heteroatoms. The molecule has 0 unspecified atom stereocenters. The zero-order valence-corrected chi connectivity index (χ0v) is 16.8. The predicted molar refractivity (Wildman–Crippen MR) is 101 cm³/mol. The molecule has 0 saturated carbocycles. The van der Waals surface area contributed by atoms with Crippen LogP contribution in [0, 0.1) is 5.82 Å². The van der Waals surface area contributed by atoms with Crippen molar-refractivity contribution in [2.24, 2.45) is 0 Å². The molecule has 8 nitrogen and oxygen atoms in total. The van der Waals surface area contributed by atoms with Crippen molar-refractivity contribution in [1.82, 2.24) is 14.9 Å². The quantitative estimate of drug-likeness (QED) is 0.769. The molecule has 2 aromatic rings. The van der Waals surface area contributed by atoms with E-state index in [1.807, 2.05) is 0 Å². The third-order valence-electron chi connectivity index (χ3n) is 4.22. The monoisotopic (exact) mass is 405 g/mol. The number of nitrogens with one attached hydrogen (secondary N) is 1. The highest BCUT2D eigenvalue weighted by atomic mass is 19.1. The van der Waals surface area contributed by atoms with Crippen LogP contribution in [0.5, 0.6) is 5.75 Å². The Morgan fingerprint density at radius 1 is 1.31 bits per heavy atom. The van der Waals surface area contributed by atoms with Gasteiger partial charge in [-0.05, 0) is 26.8 Å². The normalized spacial score (nSPS) is 14.3. The lowest BCUT2D eigenvalue weighted by Crippen LogP contribution is -2.57. The Morgan fingerprint density at radius 3 is 2.66 bits per heavy atom. The van der Waals surface area contributed by atoms with E-state index in [1.54, 1.807) is 26.8 Å². The van der Waals surface area contributed by atoms with E-state index in [0.29, 0.717) is 30.1 Å².